The zero-order chi connectivity index (χ0) is 15.5. The number of anilines is 1. The minimum atomic E-state index is -0.206. The van der Waals surface area contributed by atoms with Crippen molar-refractivity contribution in [2.45, 2.75) is 32.7 Å². The van der Waals surface area contributed by atoms with Gasteiger partial charge in [-0.3, -0.25) is 4.79 Å². The molecule has 2 rings (SSSR count). The maximum Gasteiger partial charge on any atom is 0.242 e. The summed E-state index contributed by atoms with van der Waals surface area (Å²) < 4.78 is 10.5. The fraction of sp³-hybridized carbons (Fsp3) is 0.562. The Bertz CT molecular complexity index is 514. The molecule has 21 heavy (non-hydrogen) atoms. The van der Waals surface area contributed by atoms with Crippen molar-refractivity contribution in [1.82, 2.24) is 5.32 Å². The quantitative estimate of drug-likeness (QED) is 0.895. The number of hydrogen-bond donors (Lipinski definition) is 2. The number of rotatable bonds is 4. The molecule has 2 N–H and O–H groups in total. The van der Waals surface area contributed by atoms with Gasteiger partial charge >= 0.3 is 0 Å². The first-order chi connectivity index (χ1) is 9.97. The standard InChI is InChI=1S/C16H24N2O3/c1-16(2)8-5-9-17-14(16)15(19)18-12-10-11(20-3)6-7-13(12)21-4/h6-7,10,14,17H,5,8-9H2,1-4H3,(H,18,19). The van der Waals surface area contributed by atoms with E-state index in [9.17, 15) is 4.79 Å². The van der Waals surface area contributed by atoms with Crippen molar-refractivity contribution in [3.05, 3.63) is 18.2 Å². The molecule has 0 aromatic heterocycles. The van der Waals surface area contributed by atoms with Gasteiger partial charge in [0.2, 0.25) is 5.91 Å². The Kier molecular flexibility index (Phi) is 4.73. The zero-order valence-electron chi connectivity index (χ0n) is 13.2. The molecule has 0 saturated carbocycles. The van der Waals surface area contributed by atoms with Crippen molar-refractivity contribution in [3.63, 3.8) is 0 Å². The van der Waals surface area contributed by atoms with E-state index in [1.54, 1.807) is 32.4 Å². The highest BCUT2D eigenvalue weighted by Crippen LogP contribution is 2.33. The van der Waals surface area contributed by atoms with Crippen LogP contribution in [0.4, 0.5) is 5.69 Å². The van der Waals surface area contributed by atoms with Crippen LogP contribution in [0.5, 0.6) is 11.5 Å². The van der Waals surface area contributed by atoms with Crippen LogP contribution in [0.15, 0.2) is 18.2 Å². The van der Waals surface area contributed by atoms with Crippen LogP contribution < -0.4 is 20.1 Å². The van der Waals surface area contributed by atoms with Crippen LogP contribution >= 0.6 is 0 Å². The van der Waals surface area contributed by atoms with Crippen LogP contribution in [0.1, 0.15) is 26.7 Å². The summed E-state index contributed by atoms with van der Waals surface area (Å²) >= 11 is 0. The highest BCUT2D eigenvalue weighted by atomic mass is 16.5. The first kappa shape index (κ1) is 15.6. The Morgan fingerprint density at radius 1 is 1.33 bits per heavy atom. The van der Waals surface area contributed by atoms with Gasteiger partial charge in [0.25, 0.3) is 0 Å². The predicted molar refractivity (Wildman–Crippen MR) is 83.0 cm³/mol. The van der Waals surface area contributed by atoms with Crippen molar-refractivity contribution < 1.29 is 14.3 Å². The van der Waals surface area contributed by atoms with Crippen molar-refractivity contribution >= 4 is 11.6 Å². The molecule has 1 atom stereocenters. The Hall–Kier alpha value is -1.75. The third kappa shape index (κ3) is 3.47. The van der Waals surface area contributed by atoms with Crippen molar-refractivity contribution in [3.8, 4) is 11.5 Å². The lowest BCUT2D eigenvalue weighted by Gasteiger charge is -2.38. The summed E-state index contributed by atoms with van der Waals surface area (Å²) in [5.41, 5.74) is 0.569. The van der Waals surface area contributed by atoms with Crippen LogP contribution in [-0.2, 0) is 4.79 Å². The third-order valence-corrected chi connectivity index (χ3v) is 4.05. The van der Waals surface area contributed by atoms with E-state index in [0.717, 1.165) is 19.4 Å². The van der Waals surface area contributed by atoms with E-state index < -0.39 is 0 Å². The SMILES string of the molecule is COc1ccc(OC)c(NC(=O)C2NCCCC2(C)C)c1. The molecule has 1 amide bonds. The lowest BCUT2D eigenvalue weighted by molar-refractivity contribution is -0.121. The van der Waals surface area contributed by atoms with Crippen LogP contribution in [0.3, 0.4) is 0 Å². The second-order valence-corrected chi connectivity index (χ2v) is 6.03. The first-order valence-corrected chi connectivity index (χ1v) is 7.24. The molecule has 0 spiro atoms. The number of hydrogen-bond acceptors (Lipinski definition) is 4. The number of nitrogens with one attached hydrogen (secondary N) is 2. The molecule has 5 nitrogen and oxygen atoms in total. The summed E-state index contributed by atoms with van der Waals surface area (Å²) in [4.78, 5) is 12.6. The molecule has 1 heterocycles. The van der Waals surface area contributed by atoms with Gasteiger partial charge in [-0.05, 0) is 36.9 Å². The lowest BCUT2D eigenvalue weighted by atomic mass is 9.77. The van der Waals surface area contributed by atoms with E-state index in [0.29, 0.717) is 17.2 Å². The zero-order valence-corrected chi connectivity index (χ0v) is 13.2. The number of piperidine rings is 1. The number of benzene rings is 1. The van der Waals surface area contributed by atoms with E-state index in [4.69, 9.17) is 9.47 Å². The number of carbonyl (C=O) groups is 1. The van der Waals surface area contributed by atoms with E-state index in [-0.39, 0.29) is 17.4 Å². The second-order valence-electron chi connectivity index (χ2n) is 6.03. The lowest BCUT2D eigenvalue weighted by Crippen LogP contribution is -2.53. The molecule has 5 heteroatoms. The highest BCUT2D eigenvalue weighted by Gasteiger charge is 2.37. The molecule has 1 fully saturated rings. The predicted octanol–water partition coefficient (Wildman–Crippen LogP) is 2.42. The molecular weight excluding hydrogens is 268 g/mol. The molecule has 1 saturated heterocycles. The smallest absolute Gasteiger partial charge is 0.242 e. The van der Waals surface area contributed by atoms with Gasteiger partial charge < -0.3 is 20.1 Å². The minimum Gasteiger partial charge on any atom is -0.497 e. The number of methoxy groups -OCH3 is 2. The average molecular weight is 292 g/mol. The number of carbonyl (C=O) groups excluding carboxylic acids is 1. The summed E-state index contributed by atoms with van der Waals surface area (Å²) in [7, 11) is 3.18. The van der Waals surface area contributed by atoms with Gasteiger partial charge in [0, 0.05) is 6.07 Å². The Morgan fingerprint density at radius 2 is 2.10 bits per heavy atom. The second kappa shape index (κ2) is 6.35. The maximum absolute atomic E-state index is 12.6. The average Bonchev–Trinajstić information content (AvgIpc) is 2.46. The molecule has 1 aromatic carbocycles. The Balaban J connectivity index is 2.18. The summed E-state index contributed by atoms with van der Waals surface area (Å²) in [6.45, 7) is 5.11. The summed E-state index contributed by atoms with van der Waals surface area (Å²) in [5.74, 6) is 1.27. The van der Waals surface area contributed by atoms with Gasteiger partial charge in [-0.25, -0.2) is 0 Å². The number of amides is 1. The van der Waals surface area contributed by atoms with Gasteiger partial charge in [-0.15, -0.1) is 0 Å². The van der Waals surface area contributed by atoms with Gasteiger partial charge in [0.05, 0.1) is 25.9 Å². The Morgan fingerprint density at radius 3 is 2.71 bits per heavy atom. The Labute approximate surface area is 126 Å². The largest absolute Gasteiger partial charge is 0.497 e. The molecule has 1 aromatic rings. The topological polar surface area (TPSA) is 59.6 Å². The van der Waals surface area contributed by atoms with Crippen LogP contribution in [0.25, 0.3) is 0 Å². The van der Waals surface area contributed by atoms with Gasteiger partial charge in [0.15, 0.2) is 0 Å². The molecule has 0 radical (unpaired) electrons. The molecule has 1 aliphatic heterocycles. The molecular formula is C16H24N2O3. The minimum absolute atomic E-state index is 0.0359. The fourth-order valence-electron chi connectivity index (χ4n) is 2.78. The summed E-state index contributed by atoms with van der Waals surface area (Å²) in [6, 6.07) is 5.15. The van der Waals surface area contributed by atoms with E-state index in [1.807, 2.05) is 0 Å². The molecule has 116 valence electrons. The van der Waals surface area contributed by atoms with Gasteiger partial charge in [-0.2, -0.15) is 0 Å². The fourth-order valence-corrected chi connectivity index (χ4v) is 2.78. The normalized spacial score (nSPS) is 20.7. The third-order valence-electron chi connectivity index (χ3n) is 4.05. The molecule has 1 aliphatic rings. The van der Waals surface area contributed by atoms with Gasteiger partial charge in [0.1, 0.15) is 11.5 Å². The summed E-state index contributed by atoms with van der Waals surface area (Å²) in [6.07, 6.45) is 2.13. The number of ether oxygens (including phenoxy) is 2. The van der Waals surface area contributed by atoms with Crippen LogP contribution in [0.2, 0.25) is 0 Å². The van der Waals surface area contributed by atoms with Gasteiger partial charge in [-0.1, -0.05) is 13.8 Å². The van der Waals surface area contributed by atoms with Crippen molar-refractivity contribution in [2.75, 3.05) is 26.1 Å². The van der Waals surface area contributed by atoms with Crippen molar-refractivity contribution in [2.24, 2.45) is 5.41 Å². The van der Waals surface area contributed by atoms with E-state index in [2.05, 4.69) is 24.5 Å². The molecule has 0 bridgehead atoms. The molecule has 0 aliphatic carbocycles. The maximum atomic E-state index is 12.6. The first-order valence-electron chi connectivity index (χ1n) is 7.24. The molecule has 1 unspecified atom stereocenters. The van der Waals surface area contributed by atoms with Crippen LogP contribution in [-0.4, -0.2) is 32.7 Å². The summed E-state index contributed by atoms with van der Waals surface area (Å²) in [5, 5.41) is 6.27. The van der Waals surface area contributed by atoms with Crippen LogP contribution in [0, 0.1) is 5.41 Å². The monoisotopic (exact) mass is 292 g/mol. The highest BCUT2D eigenvalue weighted by molar-refractivity contribution is 5.97. The van der Waals surface area contributed by atoms with Crippen molar-refractivity contribution in [1.29, 1.82) is 0 Å². The van der Waals surface area contributed by atoms with E-state index >= 15 is 0 Å². The van der Waals surface area contributed by atoms with E-state index in [1.165, 1.54) is 0 Å².